The van der Waals surface area contributed by atoms with Gasteiger partial charge in [-0.1, -0.05) is 0 Å². The molecule has 3 rings (SSSR count). The molecule has 0 amide bonds. The molecule has 3 nitrogen and oxygen atoms in total. The standard InChI is InChI=1S/C9H13N3/c1-2-7(1)9-3-4-12(11-9)8-5-10-6-8/h3-4,7-8,10H,1-2,5-6H2. The molecule has 1 N–H and O–H groups in total. The van der Waals surface area contributed by atoms with Gasteiger partial charge in [0.15, 0.2) is 0 Å². The maximum absolute atomic E-state index is 4.57. The zero-order valence-electron chi connectivity index (χ0n) is 7.03. The molecule has 1 aliphatic carbocycles. The van der Waals surface area contributed by atoms with Crippen molar-refractivity contribution in [3.05, 3.63) is 18.0 Å². The fourth-order valence-corrected chi connectivity index (χ4v) is 1.61. The van der Waals surface area contributed by atoms with E-state index in [9.17, 15) is 0 Å². The van der Waals surface area contributed by atoms with E-state index >= 15 is 0 Å². The zero-order valence-corrected chi connectivity index (χ0v) is 7.03. The Balaban J connectivity index is 1.81. The van der Waals surface area contributed by atoms with E-state index in [4.69, 9.17) is 0 Å². The number of rotatable bonds is 2. The topological polar surface area (TPSA) is 29.9 Å². The van der Waals surface area contributed by atoms with Gasteiger partial charge < -0.3 is 5.32 Å². The van der Waals surface area contributed by atoms with Crippen LogP contribution in [-0.2, 0) is 0 Å². The first-order valence-corrected chi connectivity index (χ1v) is 4.69. The second-order valence-corrected chi connectivity index (χ2v) is 3.81. The summed E-state index contributed by atoms with van der Waals surface area (Å²) in [7, 11) is 0. The van der Waals surface area contributed by atoms with Gasteiger partial charge in [-0.2, -0.15) is 5.10 Å². The Kier molecular flexibility index (Phi) is 1.29. The molecule has 0 spiro atoms. The number of nitrogens with zero attached hydrogens (tertiary/aromatic N) is 2. The van der Waals surface area contributed by atoms with Gasteiger partial charge in [-0.25, -0.2) is 0 Å². The Bertz CT molecular complexity index is 284. The van der Waals surface area contributed by atoms with Gasteiger partial charge in [0.1, 0.15) is 0 Å². The van der Waals surface area contributed by atoms with Crippen LogP contribution in [0.15, 0.2) is 12.3 Å². The quantitative estimate of drug-likeness (QED) is 0.702. The van der Waals surface area contributed by atoms with Crippen molar-refractivity contribution in [2.45, 2.75) is 24.8 Å². The Morgan fingerprint density at radius 2 is 2.25 bits per heavy atom. The van der Waals surface area contributed by atoms with Crippen LogP contribution in [-0.4, -0.2) is 22.9 Å². The molecule has 1 aliphatic heterocycles. The molecule has 3 heteroatoms. The Morgan fingerprint density at radius 3 is 2.83 bits per heavy atom. The van der Waals surface area contributed by atoms with E-state index in [1.165, 1.54) is 18.5 Å². The minimum Gasteiger partial charge on any atom is -0.312 e. The van der Waals surface area contributed by atoms with Gasteiger partial charge in [0.25, 0.3) is 0 Å². The molecule has 0 radical (unpaired) electrons. The van der Waals surface area contributed by atoms with E-state index < -0.39 is 0 Å². The number of nitrogens with one attached hydrogen (secondary N) is 1. The second kappa shape index (κ2) is 2.33. The summed E-state index contributed by atoms with van der Waals surface area (Å²) in [6.45, 7) is 2.18. The molecule has 0 bridgehead atoms. The molecule has 1 saturated carbocycles. The summed E-state index contributed by atoms with van der Waals surface area (Å²) in [6.07, 6.45) is 4.82. The monoisotopic (exact) mass is 163 g/mol. The summed E-state index contributed by atoms with van der Waals surface area (Å²) in [6, 6.07) is 2.80. The van der Waals surface area contributed by atoms with Crippen molar-refractivity contribution in [1.29, 1.82) is 0 Å². The molecule has 1 aromatic rings. The highest BCUT2D eigenvalue weighted by Gasteiger charge is 2.27. The van der Waals surface area contributed by atoms with Crippen LogP contribution in [0.3, 0.4) is 0 Å². The predicted molar refractivity (Wildman–Crippen MR) is 46.1 cm³/mol. The molecule has 1 aromatic heterocycles. The SMILES string of the molecule is c1cn(C2CNC2)nc1C1CC1. The van der Waals surface area contributed by atoms with Crippen LogP contribution in [0.4, 0.5) is 0 Å². The first-order chi connectivity index (χ1) is 5.93. The second-order valence-electron chi connectivity index (χ2n) is 3.81. The van der Waals surface area contributed by atoms with Crippen LogP contribution >= 0.6 is 0 Å². The predicted octanol–water partition coefficient (Wildman–Crippen LogP) is 0.905. The Labute approximate surface area is 71.8 Å². The third-order valence-corrected chi connectivity index (χ3v) is 2.76. The summed E-state index contributed by atoms with van der Waals surface area (Å²) < 4.78 is 2.12. The summed E-state index contributed by atoms with van der Waals surface area (Å²) in [5.41, 5.74) is 1.31. The Morgan fingerprint density at radius 1 is 1.42 bits per heavy atom. The van der Waals surface area contributed by atoms with Crippen LogP contribution in [0.2, 0.25) is 0 Å². The average Bonchev–Trinajstić information content (AvgIpc) is 2.70. The van der Waals surface area contributed by atoms with Crippen molar-refractivity contribution in [2.24, 2.45) is 0 Å². The minimum atomic E-state index is 0.623. The number of hydrogen-bond acceptors (Lipinski definition) is 2. The lowest BCUT2D eigenvalue weighted by Gasteiger charge is -2.27. The van der Waals surface area contributed by atoms with Crippen LogP contribution in [0.5, 0.6) is 0 Å². The molecule has 1 saturated heterocycles. The van der Waals surface area contributed by atoms with E-state index in [-0.39, 0.29) is 0 Å². The van der Waals surface area contributed by atoms with Gasteiger partial charge in [-0.05, 0) is 18.9 Å². The lowest BCUT2D eigenvalue weighted by Crippen LogP contribution is -2.43. The molecule has 12 heavy (non-hydrogen) atoms. The lowest BCUT2D eigenvalue weighted by atomic mass is 10.2. The molecule has 0 atom stereocenters. The average molecular weight is 163 g/mol. The smallest absolute Gasteiger partial charge is 0.0767 e. The number of aromatic nitrogens is 2. The molecular formula is C9H13N3. The highest BCUT2D eigenvalue weighted by atomic mass is 15.3. The molecule has 2 fully saturated rings. The van der Waals surface area contributed by atoms with Gasteiger partial charge in [0.2, 0.25) is 0 Å². The van der Waals surface area contributed by atoms with Crippen molar-refractivity contribution >= 4 is 0 Å². The lowest BCUT2D eigenvalue weighted by molar-refractivity contribution is 0.317. The van der Waals surface area contributed by atoms with E-state index in [0.29, 0.717) is 6.04 Å². The normalized spacial score (nSPS) is 24.0. The fraction of sp³-hybridized carbons (Fsp3) is 0.667. The summed E-state index contributed by atoms with van der Waals surface area (Å²) >= 11 is 0. The van der Waals surface area contributed by atoms with Crippen molar-refractivity contribution in [1.82, 2.24) is 15.1 Å². The van der Waals surface area contributed by atoms with Crippen molar-refractivity contribution in [2.75, 3.05) is 13.1 Å². The van der Waals surface area contributed by atoms with E-state index in [1.54, 1.807) is 0 Å². The van der Waals surface area contributed by atoms with Gasteiger partial charge >= 0.3 is 0 Å². The maximum atomic E-state index is 4.57. The van der Waals surface area contributed by atoms with E-state index in [1.807, 2.05) is 0 Å². The largest absolute Gasteiger partial charge is 0.312 e. The van der Waals surface area contributed by atoms with Crippen LogP contribution < -0.4 is 5.32 Å². The fourth-order valence-electron chi connectivity index (χ4n) is 1.61. The summed E-state index contributed by atoms with van der Waals surface area (Å²) in [4.78, 5) is 0. The molecule has 64 valence electrons. The first-order valence-electron chi connectivity index (χ1n) is 4.69. The van der Waals surface area contributed by atoms with Crippen LogP contribution in [0.25, 0.3) is 0 Å². The van der Waals surface area contributed by atoms with Crippen LogP contribution in [0.1, 0.15) is 30.5 Å². The van der Waals surface area contributed by atoms with Crippen molar-refractivity contribution in [3.8, 4) is 0 Å². The van der Waals surface area contributed by atoms with Gasteiger partial charge in [-0.3, -0.25) is 4.68 Å². The highest BCUT2D eigenvalue weighted by Crippen LogP contribution is 2.39. The van der Waals surface area contributed by atoms with Gasteiger partial charge in [0, 0.05) is 25.2 Å². The third kappa shape index (κ3) is 0.966. The molecule has 0 unspecified atom stereocenters. The molecule has 0 aromatic carbocycles. The van der Waals surface area contributed by atoms with Crippen molar-refractivity contribution in [3.63, 3.8) is 0 Å². The molecule has 2 heterocycles. The minimum absolute atomic E-state index is 0.623. The molecule has 2 aliphatic rings. The van der Waals surface area contributed by atoms with Crippen LogP contribution in [0, 0.1) is 0 Å². The van der Waals surface area contributed by atoms with E-state index in [0.717, 1.165) is 19.0 Å². The number of hydrogen-bond donors (Lipinski definition) is 1. The maximum Gasteiger partial charge on any atom is 0.0767 e. The van der Waals surface area contributed by atoms with E-state index in [2.05, 4.69) is 27.4 Å². The Hall–Kier alpha value is -0.830. The van der Waals surface area contributed by atoms with Gasteiger partial charge in [-0.15, -0.1) is 0 Å². The highest BCUT2D eigenvalue weighted by molar-refractivity contribution is 5.13. The zero-order chi connectivity index (χ0) is 7.97. The van der Waals surface area contributed by atoms with Crippen molar-refractivity contribution < 1.29 is 0 Å². The molecular weight excluding hydrogens is 150 g/mol. The van der Waals surface area contributed by atoms with Gasteiger partial charge in [0.05, 0.1) is 11.7 Å². The first kappa shape index (κ1) is 6.66. The summed E-state index contributed by atoms with van der Waals surface area (Å²) in [5.74, 6) is 0.791. The third-order valence-electron chi connectivity index (χ3n) is 2.76. The summed E-state index contributed by atoms with van der Waals surface area (Å²) in [5, 5.41) is 7.82.